The van der Waals surface area contributed by atoms with Gasteiger partial charge >= 0.3 is 0 Å². The van der Waals surface area contributed by atoms with Crippen LogP contribution in [0.5, 0.6) is 0 Å². The Labute approximate surface area is 129 Å². The summed E-state index contributed by atoms with van der Waals surface area (Å²) in [6, 6.07) is 3.42. The summed E-state index contributed by atoms with van der Waals surface area (Å²) in [4.78, 5) is 2.66. The minimum atomic E-state index is 0.290. The van der Waals surface area contributed by atoms with Crippen LogP contribution in [0.4, 0.5) is 0 Å². The molecule has 1 aromatic rings. The van der Waals surface area contributed by atoms with Crippen molar-refractivity contribution < 1.29 is 0 Å². The molecule has 1 fully saturated rings. The smallest absolute Gasteiger partial charge is 0.0597 e. The van der Waals surface area contributed by atoms with Crippen molar-refractivity contribution in [1.29, 1.82) is 0 Å². The fourth-order valence-electron chi connectivity index (χ4n) is 3.47. The lowest BCUT2D eigenvalue weighted by Crippen LogP contribution is -2.60. The van der Waals surface area contributed by atoms with Crippen LogP contribution in [0.15, 0.2) is 6.07 Å². The lowest BCUT2D eigenvalue weighted by molar-refractivity contribution is 0.0456. The van der Waals surface area contributed by atoms with Crippen molar-refractivity contribution >= 4 is 0 Å². The highest BCUT2D eigenvalue weighted by Crippen LogP contribution is 2.28. The van der Waals surface area contributed by atoms with Gasteiger partial charge in [0.15, 0.2) is 0 Å². The summed E-state index contributed by atoms with van der Waals surface area (Å²) < 4.78 is 2.03. The van der Waals surface area contributed by atoms with E-state index >= 15 is 0 Å². The molecule has 0 radical (unpaired) electrons. The first-order valence-electron chi connectivity index (χ1n) is 8.28. The number of nitrogens with one attached hydrogen (secondary N) is 1. The molecule has 0 aliphatic carbocycles. The SMILES string of the molecule is CCCC1CN(Cc2cc(C)nn2C)C(C(C)(C)C)CN1. The first-order chi connectivity index (χ1) is 9.81. The second kappa shape index (κ2) is 6.49. The van der Waals surface area contributed by atoms with Crippen molar-refractivity contribution in [2.75, 3.05) is 13.1 Å². The maximum atomic E-state index is 4.49. The Morgan fingerprint density at radius 3 is 2.62 bits per heavy atom. The predicted molar refractivity (Wildman–Crippen MR) is 88.3 cm³/mol. The zero-order valence-electron chi connectivity index (χ0n) is 14.6. The molecule has 0 amide bonds. The first kappa shape index (κ1) is 16.5. The van der Waals surface area contributed by atoms with Crippen LogP contribution in [0.25, 0.3) is 0 Å². The lowest BCUT2D eigenvalue weighted by Gasteiger charge is -2.46. The minimum Gasteiger partial charge on any atom is -0.311 e. The molecule has 2 atom stereocenters. The van der Waals surface area contributed by atoms with Crippen LogP contribution in [0.1, 0.15) is 51.9 Å². The number of rotatable bonds is 4. The quantitative estimate of drug-likeness (QED) is 0.926. The van der Waals surface area contributed by atoms with Gasteiger partial charge in [-0.2, -0.15) is 5.10 Å². The van der Waals surface area contributed by atoms with Crippen molar-refractivity contribution in [2.24, 2.45) is 12.5 Å². The molecule has 2 unspecified atom stereocenters. The third-order valence-electron chi connectivity index (χ3n) is 4.60. The lowest BCUT2D eigenvalue weighted by atomic mass is 9.83. The van der Waals surface area contributed by atoms with Crippen LogP contribution in [0.3, 0.4) is 0 Å². The Kier molecular flexibility index (Phi) is 5.10. The predicted octanol–water partition coefficient (Wildman–Crippen LogP) is 2.72. The fraction of sp³-hybridized carbons (Fsp3) is 0.824. The van der Waals surface area contributed by atoms with Gasteiger partial charge in [-0.25, -0.2) is 0 Å². The summed E-state index contributed by atoms with van der Waals surface area (Å²) in [5.41, 5.74) is 2.72. The molecule has 0 spiro atoms. The van der Waals surface area contributed by atoms with Gasteiger partial charge in [-0.1, -0.05) is 34.1 Å². The molecule has 1 N–H and O–H groups in total. The molecule has 1 aliphatic rings. The van der Waals surface area contributed by atoms with E-state index in [1.807, 2.05) is 4.68 Å². The average molecular weight is 292 g/mol. The van der Waals surface area contributed by atoms with E-state index in [-0.39, 0.29) is 5.41 Å². The van der Waals surface area contributed by atoms with E-state index in [9.17, 15) is 0 Å². The van der Waals surface area contributed by atoms with Crippen LogP contribution in [-0.4, -0.2) is 39.9 Å². The Balaban J connectivity index is 2.14. The van der Waals surface area contributed by atoms with Crippen molar-refractivity contribution in [1.82, 2.24) is 20.0 Å². The first-order valence-corrected chi connectivity index (χ1v) is 8.28. The third-order valence-corrected chi connectivity index (χ3v) is 4.60. The van der Waals surface area contributed by atoms with Gasteiger partial charge in [0.25, 0.3) is 0 Å². The summed E-state index contributed by atoms with van der Waals surface area (Å²) in [6.07, 6.45) is 2.51. The molecule has 4 heteroatoms. The molecule has 2 heterocycles. The van der Waals surface area contributed by atoms with Gasteiger partial charge in [0.2, 0.25) is 0 Å². The van der Waals surface area contributed by atoms with Gasteiger partial charge in [0.1, 0.15) is 0 Å². The fourth-order valence-corrected chi connectivity index (χ4v) is 3.47. The van der Waals surface area contributed by atoms with Gasteiger partial charge in [-0.3, -0.25) is 9.58 Å². The van der Waals surface area contributed by atoms with Crippen molar-refractivity contribution in [3.63, 3.8) is 0 Å². The van der Waals surface area contributed by atoms with Crippen LogP contribution in [0.2, 0.25) is 0 Å². The van der Waals surface area contributed by atoms with Crippen molar-refractivity contribution in [2.45, 2.75) is 66.1 Å². The van der Waals surface area contributed by atoms with Crippen molar-refractivity contribution in [3.05, 3.63) is 17.5 Å². The number of hydrogen-bond donors (Lipinski definition) is 1. The molecule has 4 nitrogen and oxygen atoms in total. The average Bonchev–Trinajstić information content (AvgIpc) is 2.67. The molecular formula is C17H32N4. The Hall–Kier alpha value is -0.870. The highest BCUT2D eigenvalue weighted by atomic mass is 15.3. The molecule has 21 heavy (non-hydrogen) atoms. The number of piperazine rings is 1. The van der Waals surface area contributed by atoms with Crippen LogP contribution >= 0.6 is 0 Å². The Morgan fingerprint density at radius 1 is 1.38 bits per heavy atom. The molecule has 1 aromatic heterocycles. The van der Waals surface area contributed by atoms with E-state index in [2.05, 4.69) is 63.0 Å². The maximum absolute atomic E-state index is 4.49. The van der Waals surface area contributed by atoms with Gasteiger partial charge in [-0.15, -0.1) is 0 Å². The summed E-state index contributed by atoms with van der Waals surface area (Å²) >= 11 is 0. The van der Waals surface area contributed by atoms with Gasteiger partial charge in [0.05, 0.1) is 11.4 Å². The summed E-state index contributed by atoms with van der Waals surface area (Å²) in [7, 11) is 2.06. The van der Waals surface area contributed by atoms with Crippen LogP contribution < -0.4 is 5.32 Å². The summed E-state index contributed by atoms with van der Waals surface area (Å²) in [6.45, 7) is 14.6. The molecular weight excluding hydrogens is 260 g/mol. The summed E-state index contributed by atoms with van der Waals surface area (Å²) in [5.74, 6) is 0. The van der Waals surface area contributed by atoms with E-state index < -0.39 is 0 Å². The van der Waals surface area contributed by atoms with E-state index in [0.717, 1.165) is 25.3 Å². The number of aromatic nitrogens is 2. The summed E-state index contributed by atoms with van der Waals surface area (Å²) in [5, 5.41) is 8.24. The Morgan fingerprint density at radius 2 is 2.10 bits per heavy atom. The third kappa shape index (κ3) is 4.07. The highest BCUT2D eigenvalue weighted by Gasteiger charge is 2.35. The molecule has 0 saturated carbocycles. The van der Waals surface area contributed by atoms with Crippen molar-refractivity contribution in [3.8, 4) is 0 Å². The molecule has 1 saturated heterocycles. The standard InChI is InChI=1S/C17H32N4/c1-7-8-14-11-21(16(10-18-14)17(3,4)5)12-15-9-13(2)19-20(15)6/h9,14,16,18H,7-8,10-12H2,1-6H3. The number of hydrogen-bond acceptors (Lipinski definition) is 3. The topological polar surface area (TPSA) is 33.1 Å². The molecule has 120 valence electrons. The molecule has 0 bridgehead atoms. The largest absolute Gasteiger partial charge is 0.311 e. The van der Waals surface area contributed by atoms with E-state index in [0.29, 0.717) is 12.1 Å². The molecule has 0 aromatic carbocycles. The highest BCUT2D eigenvalue weighted by molar-refractivity contribution is 5.09. The normalized spacial score (nSPS) is 24.5. The van der Waals surface area contributed by atoms with Crippen LogP contribution in [0, 0.1) is 12.3 Å². The number of aryl methyl sites for hydroxylation is 2. The molecule has 1 aliphatic heterocycles. The number of nitrogens with zero attached hydrogens (tertiary/aromatic N) is 3. The van der Waals surface area contributed by atoms with Gasteiger partial charge < -0.3 is 5.32 Å². The molecule has 2 rings (SSSR count). The van der Waals surface area contributed by atoms with E-state index in [1.54, 1.807) is 0 Å². The van der Waals surface area contributed by atoms with Gasteiger partial charge in [-0.05, 0) is 24.8 Å². The second-order valence-corrected chi connectivity index (χ2v) is 7.61. The Bertz CT molecular complexity index is 458. The minimum absolute atomic E-state index is 0.290. The zero-order valence-corrected chi connectivity index (χ0v) is 14.6. The monoisotopic (exact) mass is 292 g/mol. The maximum Gasteiger partial charge on any atom is 0.0597 e. The van der Waals surface area contributed by atoms with Gasteiger partial charge in [0, 0.05) is 38.8 Å². The second-order valence-electron chi connectivity index (χ2n) is 7.61. The van der Waals surface area contributed by atoms with E-state index in [1.165, 1.54) is 18.5 Å². The zero-order chi connectivity index (χ0) is 15.6. The van der Waals surface area contributed by atoms with E-state index in [4.69, 9.17) is 0 Å². The van der Waals surface area contributed by atoms with Crippen LogP contribution in [-0.2, 0) is 13.6 Å².